The number of halogens is 1. The molecule has 0 unspecified atom stereocenters. The molecule has 0 saturated heterocycles. The van der Waals surface area contributed by atoms with E-state index in [2.05, 4.69) is 20.9 Å². The Kier molecular flexibility index (Phi) is 5.19. The van der Waals surface area contributed by atoms with Gasteiger partial charge in [0, 0.05) is 15.6 Å². The molecule has 0 radical (unpaired) electrons. The molecule has 128 valence electrons. The van der Waals surface area contributed by atoms with Crippen molar-refractivity contribution in [2.45, 2.75) is 6.92 Å². The van der Waals surface area contributed by atoms with Gasteiger partial charge in [-0.2, -0.15) is 0 Å². The summed E-state index contributed by atoms with van der Waals surface area (Å²) in [5.41, 5.74) is 1.65. The van der Waals surface area contributed by atoms with Crippen molar-refractivity contribution in [3.05, 3.63) is 63.8 Å². The summed E-state index contributed by atoms with van der Waals surface area (Å²) in [6.07, 6.45) is 1.64. The van der Waals surface area contributed by atoms with Crippen LogP contribution in [0.25, 0.3) is 6.08 Å². The molecular weight excluding hydrogens is 386 g/mol. The van der Waals surface area contributed by atoms with Crippen molar-refractivity contribution >= 4 is 33.9 Å². The van der Waals surface area contributed by atoms with Gasteiger partial charge < -0.3 is 14.2 Å². The van der Waals surface area contributed by atoms with Gasteiger partial charge in [0.2, 0.25) is 5.90 Å². The van der Waals surface area contributed by atoms with Gasteiger partial charge in [-0.25, -0.2) is 9.79 Å². The van der Waals surface area contributed by atoms with Crippen LogP contribution in [0.5, 0.6) is 11.5 Å². The molecule has 6 heteroatoms. The zero-order valence-corrected chi connectivity index (χ0v) is 15.4. The van der Waals surface area contributed by atoms with Gasteiger partial charge in [-0.15, -0.1) is 0 Å². The van der Waals surface area contributed by atoms with Gasteiger partial charge in [0.15, 0.2) is 17.2 Å². The zero-order chi connectivity index (χ0) is 17.8. The van der Waals surface area contributed by atoms with Crippen molar-refractivity contribution < 1.29 is 19.0 Å². The van der Waals surface area contributed by atoms with Crippen LogP contribution in [0.2, 0.25) is 0 Å². The average molecular weight is 402 g/mol. The number of nitrogens with zero attached hydrogens (tertiary/aromatic N) is 1. The van der Waals surface area contributed by atoms with Gasteiger partial charge in [0.1, 0.15) is 0 Å². The lowest BCUT2D eigenvalue weighted by Crippen LogP contribution is -2.05. The predicted octanol–water partition coefficient (Wildman–Crippen LogP) is 4.20. The zero-order valence-electron chi connectivity index (χ0n) is 13.8. The molecule has 3 rings (SSSR count). The van der Waals surface area contributed by atoms with Crippen molar-refractivity contribution in [3.63, 3.8) is 0 Å². The highest BCUT2D eigenvalue weighted by molar-refractivity contribution is 9.10. The van der Waals surface area contributed by atoms with Crippen LogP contribution in [-0.2, 0) is 9.53 Å². The van der Waals surface area contributed by atoms with Crippen molar-refractivity contribution in [2.24, 2.45) is 4.99 Å². The summed E-state index contributed by atoms with van der Waals surface area (Å²) < 4.78 is 17.2. The molecule has 0 aliphatic carbocycles. The van der Waals surface area contributed by atoms with Gasteiger partial charge in [-0.1, -0.05) is 28.1 Å². The van der Waals surface area contributed by atoms with E-state index in [4.69, 9.17) is 14.2 Å². The molecule has 25 heavy (non-hydrogen) atoms. The number of benzene rings is 2. The molecule has 0 atom stereocenters. The van der Waals surface area contributed by atoms with Gasteiger partial charge in [0.25, 0.3) is 0 Å². The Morgan fingerprint density at radius 2 is 1.96 bits per heavy atom. The minimum Gasteiger partial charge on any atom is -0.493 e. The topological polar surface area (TPSA) is 57.1 Å². The summed E-state index contributed by atoms with van der Waals surface area (Å²) in [7, 11) is 1.57. The third-order valence-electron chi connectivity index (χ3n) is 3.52. The maximum Gasteiger partial charge on any atom is 0.363 e. The molecule has 1 aliphatic rings. The third-order valence-corrected chi connectivity index (χ3v) is 4.05. The molecule has 1 heterocycles. The van der Waals surface area contributed by atoms with E-state index in [-0.39, 0.29) is 11.6 Å². The van der Waals surface area contributed by atoms with Crippen LogP contribution in [0.15, 0.2) is 57.6 Å². The van der Waals surface area contributed by atoms with Crippen LogP contribution in [-0.4, -0.2) is 25.6 Å². The van der Waals surface area contributed by atoms with E-state index in [0.717, 1.165) is 10.0 Å². The quantitative estimate of drug-likeness (QED) is 0.556. The lowest BCUT2D eigenvalue weighted by molar-refractivity contribution is -0.129. The number of esters is 1. The van der Waals surface area contributed by atoms with Gasteiger partial charge in [0.05, 0.1) is 13.7 Å². The van der Waals surface area contributed by atoms with Crippen molar-refractivity contribution in [3.8, 4) is 11.5 Å². The van der Waals surface area contributed by atoms with Crippen LogP contribution in [0, 0.1) is 0 Å². The number of aliphatic imine (C=N–C) groups is 1. The fourth-order valence-electron chi connectivity index (χ4n) is 2.38. The smallest absolute Gasteiger partial charge is 0.363 e. The first kappa shape index (κ1) is 17.2. The maximum atomic E-state index is 12.2. The molecule has 5 nitrogen and oxygen atoms in total. The maximum absolute atomic E-state index is 12.2. The molecule has 1 aliphatic heterocycles. The lowest BCUT2D eigenvalue weighted by Gasteiger charge is -2.11. The van der Waals surface area contributed by atoms with Gasteiger partial charge in [-0.3, -0.25) is 0 Å². The second-order valence-electron chi connectivity index (χ2n) is 5.15. The number of carbonyl (C=O) groups is 1. The van der Waals surface area contributed by atoms with E-state index in [1.165, 1.54) is 0 Å². The number of cyclic esters (lactones) is 1. The van der Waals surface area contributed by atoms with E-state index >= 15 is 0 Å². The lowest BCUT2D eigenvalue weighted by atomic mass is 10.1. The van der Waals surface area contributed by atoms with Crippen molar-refractivity contribution in [1.29, 1.82) is 0 Å². The monoisotopic (exact) mass is 401 g/mol. The van der Waals surface area contributed by atoms with E-state index < -0.39 is 5.97 Å². The molecule has 2 aromatic rings. The molecule has 2 aromatic carbocycles. The largest absolute Gasteiger partial charge is 0.493 e. The van der Waals surface area contributed by atoms with Crippen molar-refractivity contribution in [1.82, 2.24) is 0 Å². The number of carbonyl (C=O) groups excluding carboxylic acids is 1. The number of methoxy groups -OCH3 is 1. The Labute approximate surface area is 154 Å². The van der Waals surface area contributed by atoms with E-state index in [0.29, 0.717) is 23.7 Å². The number of hydrogen-bond acceptors (Lipinski definition) is 5. The highest BCUT2D eigenvalue weighted by Gasteiger charge is 2.24. The Hall–Kier alpha value is -2.60. The molecular formula is C19H16BrNO4. The summed E-state index contributed by atoms with van der Waals surface area (Å²) in [6.45, 7) is 2.37. The van der Waals surface area contributed by atoms with E-state index in [9.17, 15) is 4.79 Å². The van der Waals surface area contributed by atoms with Crippen LogP contribution >= 0.6 is 15.9 Å². The molecule has 0 aromatic heterocycles. The summed E-state index contributed by atoms with van der Waals surface area (Å²) in [5, 5.41) is 0. The summed E-state index contributed by atoms with van der Waals surface area (Å²) in [4.78, 5) is 16.5. The average Bonchev–Trinajstić information content (AvgIpc) is 2.98. The van der Waals surface area contributed by atoms with Gasteiger partial charge >= 0.3 is 5.97 Å². The minimum atomic E-state index is -0.497. The van der Waals surface area contributed by atoms with Crippen LogP contribution in [0.4, 0.5) is 0 Å². The molecule has 0 amide bonds. The predicted molar refractivity (Wildman–Crippen MR) is 98.9 cm³/mol. The van der Waals surface area contributed by atoms with Crippen LogP contribution < -0.4 is 9.47 Å². The highest BCUT2D eigenvalue weighted by Crippen LogP contribution is 2.33. The van der Waals surface area contributed by atoms with E-state index in [1.54, 1.807) is 19.3 Å². The minimum absolute atomic E-state index is 0.215. The Morgan fingerprint density at radius 3 is 2.64 bits per heavy atom. The first-order chi connectivity index (χ1) is 12.1. The second kappa shape index (κ2) is 7.53. The molecule has 0 saturated carbocycles. The van der Waals surface area contributed by atoms with Gasteiger partial charge in [-0.05, 0) is 43.3 Å². The SMILES string of the molecule is CCOc1c(/C=C2\N=C(c3ccc(Br)cc3)OC2=O)cccc1OC. The number of hydrogen-bond donors (Lipinski definition) is 0. The number of ether oxygens (including phenoxy) is 3. The first-order valence-corrected chi connectivity index (χ1v) is 8.50. The summed E-state index contributed by atoms with van der Waals surface area (Å²) in [5.74, 6) is 0.951. The highest BCUT2D eigenvalue weighted by atomic mass is 79.9. The molecule has 0 N–H and O–H groups in total. The molecule has 0 spiro atoms. The Balaban J connectivity index is 1.98. The van der Waals surface area contributed by atoms with Crippen molar-refractivity contribution in [2.75, 3.05) is 13.7 Å². The third kappa shape index (κ3) is 3.74. The summed E-state index contributed by atoms with van der Waals surface area (Å²) in [6, 6.07) is 12.8. The first-order valence-electron chi connectivity index (χ1n) is 7.70. The number of para-hydroxylation sites is 1. The molecule has 0 bridgehead atoms. The van der Waals surface area contributed by atoms with E-state index in [1.807, 2.05) is 43.3 Å². The van der Waals surface area contributed by atoms with Crippen LogP contribution in [0.3, 0.4) is 0 Å². The second-order valence-corrected chi connectivity index (χ2v) is 6.07. The fraction of sp³-hybridized carbons (Fsp3) is 0.158. The Bertz CT molecular complexity index is 856. The fourth-order valence-corrected chi connectivity index (χ4v) is 2.64. The standard InChI is InChI=1S/C19H16BrNO4/c1-3-24-17-13(5-4-6-16(17)23-2)11-15-19(22)25-18(21-15)12-7-9-14(20)10-8-12/h4-11H,3H2,1-2H3/b15-11-. The van der Waals surface area contributed by atoms with Crippen LogP contribution in [0.1, 0.15) is 18.1 Å². The summed E-state index contributed by atoms with van der Waals surface area (Å²) >= 11 is 3.37. The number of rotatable bonds is 5. The Morgan fingerprint density at radius 1 is 1.20 bits per heavy atom. The molecule has 0 fully saturated rings. The normalized spacial score (nSPS) is 15.1.